The van der Waals surface area contributed by atoms with Gasteiger partial charge in [-0.25, -0.2) is 13.0 Å². The van der Waals surface area contributed by atoms with E-state index in [0.717, 1.165) is 0 Å². The fraction of sp³-hybridized carbons (Fsp3) is 0. The first-order chi connectivity index (χ1) is 5.52. The topological polar surface area (TPSA) is 37.3 Å². The SMILES string of the molecule is O=S(O)c1cc(F)c(Cl)cc1F.[Na]. The van der Waals surface area contributed by atoms with Gasteiger partial charge >= 0.3 is 0 Å². The fourth-order valence-corrected chi connectivity index (χ4v) is 1.22. The van der Waals surface area contributed by atoms with Crippen LogP contribution in [0.2, 0.25) is 5.02 Å². The van der Waals surface area contributed by atoms with Gasteiger partial charge in [0.05, 0.1) is 5.02 Å². The molecule has 67 valence electrons. The molecule has 0 amide bonds. The summed E-state index contributed by atoms with van der Waals surface area (Å²) >= 11 is 2.66. The van der Waals surface area contributed by atoms with E-state index in [4.69, 9.17) is 16.2 Å². The summed E-state index contributed by atoms with van der Waals surface area (Å²) in [4.78, 5) is -0.614. The van der Waals surface area contributed by atoms with Crippen LogP contribution < -0.4 is 0 Å². The number of rotatable bonds is 1. The Labute approximate surface area is 103 Å². The predicted molar refractivity (Wildman–Crippen MR) is 46.2 cm³/mol. The van der Waals surface area contributed by atoms with E-state index in [1.54, 1.807) is 0 Å². The Hall–Kier alpha value is 0.480. The quantitative estimate of drug-likeness (QED) is 0.458. The summed E-state index contributed by atoms with van der Waals surface area (Å²) in [6.07, 6.45) is 0. The maximum Gasteiger partial charge on any atom is 0.189 e. The van der Waals surface area contributed by atoms with Crippen molar-refractivity contribution in [2.45, 2.75) is 4.90 Å². The van der Waals surface area contributed by atoms with Crippen molar-refractivity contribution in [2.24, 2.45) is 0 Å². The molecule has 1 aromatic carbocycles. The van der Waals surface area contributed by atoms with Gasteiger partial charge in [-0.3, -0.25) is 0 Å². The molecule has 1 radical (unpaired) electrons. The second kappa shape index (κ2) is 5.38. The Balaban J connectivity index is 0.00000144. The van der Waals surface area contributed by atoms with E-state index in [0.29, 0.717) is 12.1 Å². The molecule has 0 spiro atoms. The van der Waals surface area contributed by atoms with Gasteiger partial charge in [-0.2, -0.15) is 0 Å². The molecule has 0 aliphatic carbocycles. The molecule has 0 aliphatic rings. The molecule has 13 heavy (non-hydrogen) atoms. The summed E-state index contributed by atoms with van der Waals surface area (Å²) in [6.45, 7) is 0. The minimum absolute atomic E-state index is 0. The van der Waals surface area contributed by atoms with Crippen LogP contribution in [-0.2, 0) is 11.1 Å². The summed E-state index contributed by atoms with van der Waals surface area (Å²) < 4.78 is 44.0. The van der Waals surface area contributed by atoms with E-state index in [9.17, 15) is 13.0 Å². The second-order valence-corrected chi connectivity index (χ2v) is 3.29. The van der Waals surface area contributed by atoms with Crippen LogP contribution in [0.25, 0.3) is 0 Å². The molecule has 0 saturated heterocycles. The van der Waals surface area contributed by atoms with Crippen LogP contribution in [0.15, 0.2) is 17.0 Å². The van der Waals surface area contributed by atoms with Gasteiger partial charge in [0.25, 0.3) is 0 Å². The van der Waals surface area contributed by atoms with Gasteiger partial charge in [0.1, 0.15) is 16.5 Å². The monoisotopic (exact) mass is 235 g/mol. The van der Waals surface area contributed by atoms with Crippen molar-refractivity contribution in [3.8, 4) is 0 Å². The van der Waals surface area contributed by atoms with E-state index in [1.807, 2.05) is 0 Å². The average Bonchev–Trinajstić information content (AvgIpc) is 1.96. The minimum atomic E-state index is -2.53. The molecule has 0 fully saturated rings. The second-order valence-electron chi connectivity index (χ2n) is 1.95. The Morgan fingerprint density at radius 2 is 1.85 bits per heavy atom. The normalized spacial score (nSPS) is 12.0. The Morgan fingerprint density at radius 1 is 1.31 bits per heavy atom. The van der Waals surface area contributed by atoms with E-state index >= 15 is 0 Å². The van der Waals surface area contributed by atoms with Crippen molar-refractivity contribution in [3.05, 3.63) is 28.8 Å². The van der Waals surface area contributed by atoms with E-state index in [1.165, 1.54) is 0 Å². The smallest absolute Gasteiger partial charge is 0.189 e. The molecule has 1 unspecified atom stereocenters. The Morgan fingerprint density at radius 3 is 2.31 bits per heavy atom. The summed E-state index contributed by atoms with van der Waals surface area (Å²) in [5.41, 5.74) is 0. The first kappa shape index (κ1) is 13.5. The maximum atomic E-state index is 12.7. The Bertz CT molecular complexity index is 348. The zero-order valence-corrected chi connectivity index (χ0v) is 10.1. The zero-order chi connectivity index (χ0) is 9.30. The number of hydrogen-bond donors (Lipinski definition) is 1. The molecule has 0 heterocycles. The average molecular weight is 236 g/mol. The molecule has 2 nitrogen and oxygen atoms in total. The Kier molecular flexibility index (Phi) is 5.58. The molecule has 0 aromatic heterocycles. The van der Waals surface area contributed by atoms with Gasteiger partial charge in [0.2, 0.25) is 0 Å². The van der Waals surface area contributed by atoms with Gasteiger partial charge in [-0.15, -0.1) is 0 Å². The van der Waals surface area contributed by atoms with Crippen molar-refractivity contribution in [3.63, 3.8) is 0 Å². The molecule has 1 rings (SSSR count). The molecule has 1 atom stereocenters. The first-order valence-corrected chi connectivity index (χ1v) is 4.26. The zero-order valence-electron chi connectivity index (χ0n) is 6.55. The number of halogens is 3. The van der Waals surface area contributed by atoms with Crippen molar-refractivity contribution in [1.29, 1.82) is 0 Å². The van der Waals surface area contributed by atoms with E-state index < -0.39 is 32.6 Å². The largest absolute Gasteiger partial charge is 0.302 e. The summed E-state index contributed by atoms with van der Waals surface area (Å²) in [5, 5.41) is -0.415. The van der Waals surface area contributed by atoms with Gasteiger partial charge in [-0.1, -0.05) is 11.6 Å². The van der Waals surface area contributed by atoms with Gasteiger partial charge in [0, 0.05) is 29.6 Å². The molecular weight excluding hydrogens is 233 g/mol. The molecule has 7 heteroatoms. The number of hydrogen-bond acceptors (Lipinski definition) is 1. The van der Waals surface area contributed by atoms with Gasteiger partial charge < -0.3 is 4.55 Å². The van der Waals surface area contributed by atoms with Crippen LogP contribution in [0.3, 0.4) is 0 Å². The van der Waals surface area contributed by atoms with Crippen molar-refractivity contribution < 1.29 is 17.5 Å². The molecule has 0 aliphatic heterocycles. The third-order valence-electron chi connectivity index (χ3n) is 1.16. The minimum Gasteiger partial charge on any atom is -0.302 e. The molecule has 0 bridgehead atoms. The third kappa shape index (κ3) is 3.27. The molecule has 0 saturated carbocycles. The van der Waals surface area contributed by atoms with E-state index in [-0.39, 0.29) is 29.6 Å². The van der Waals surface area contributed by atoms with Crippen LogP contribution in [0.4, 0.5) is 8.78 Å². The van der Waals surface area contributed by atoms with E-state index in [2.05, 4.69) is 0 Å². The standard InChI is InChI=1S/C6H3ClF2O2S.Na/c7-3-1-5(9)6(12(10)11)2-4(3)8;/h1-2H,(H,10,11);. The van der Waals surface area contributed by atoms with Crippen molar-refractivity contribution >= 4 is 52.2 Å². The first-order valence-electron chi connectivity index (χ1n) is 2.78. The summed E-state index contributed by atoms with van der Waals surface area (Å²) in [7, 11) is 0. The third-order valence-corrected chi connectivity index (χ3v) is 2.14. The van der Waals surface area contributed by atoms with Crippen LogP contribution >= 0.6 is 11.6 Å². The van der Waals surface area contributed by atoms with Crippen LogP contribution in [0.1, 0.15) is 0 Å². The van der Waals surface area contributed by atoms with Crippen LogP contribution in [0.5, 0.6) is 0 Å². The summed E-state index contributed by atoms with van der Waals surface area (Å²) in [6, 6.07) is 1.24. The van der Waals surface area contributed by atoms with Gasteiger partial charge in [-0.05, 0) is 12.1 Å². The molecular formula is C6H3ClF2NaO2S. The van der Waals surface area contributed by atoms with Crippen LogP contribution in [0, 0.1) is 11.6 Å². The maximum absolute atomic E-state index is 12.7. The molecule has 1 N–H and O–H groups in total. The van der Waals surface area contributed by atoms with Crippen molar-refractivity contribution in [2.75, 3.05) is 0 Å². The molecule has 1 aromatic rings. The van der Waals surface area contributed by atoms with Gasteiger partial charge in [0.15, 0.2) is 11.1 Å². The van der Waals surface area contributed by atoms with Crippen LogP contribution in [-0.4, -0.2) is 38.3 Å². The fourth-order valence-electron chi connectivity index (χ4n) is 0.638. The summed E-state index contributed by atoms with van der Waals surface area (Å²) in [5.74, 6) is -1.92. The predicted octanol–water partition coefficient (Wildman–Crippen LogP) is 1.82. The number of benzene rings is 1. The van der Waals surface area contributed by atoms with Crippen molar-refractivity contribution in [1.82, 2.24) is 0 Å².